The largest absolute Gasteiger partial charge is 0.573 e. The van der Waals surface area contributed by atoms with Gasteiger partial charge in [-0.25, -0.2) is 0 Å². The maximum Gasteiger partial charge on any atom is 0.573 e. The van der Waals surface area contributed by atoms with Gasteiger partial charge in [0.15, 0.2) is 0 Å². The summed E-state index contributed by atoms with van der Waals surface area (Å²) in [7, 11) is 0. The molecule has 9 aromatic rings. The fourth-order valence-corrected chi connectivity index (χ4v) is 7.72. The van der Waals surface area contributed by atoms with Crippen molar-refractivity contribution in [3.63, 3.8) is 0 Å². The molecule has 49 heavy (non-hydrogen) atoms. The number of benzene rings is 9. The van der Waals surface area contributed by atoms with Crippen molar-refractivity contribution in [2.45, 2.75) is 12.5 Å². The predicted octanol–water partition coefficient (Wildman–Crippen LogP) is 13.3. The van der Waals surface area contributed by atoms with E-state index in [0.717, 1.165) is 33.0 Å². The molecule has 7 heteroatoms. The molecule has 9 rings (SSSR count). The Morgan fingerprint density at radius 1 is 0.408 bits per heavy atom. The normalized spacial score (nSPS) is 12.7. The third-order valence-electron chi connectivity index (χ3n) is 9.48. The number of ether oxygens (including phenoxy) is 1. The Morgan fingerprint density at radius 2 is 0.959 bits per heavy atom. The van der Waals surface area contributed by atoms with Crippen molar-refractivity contribution in [2.24, 2.45) is 0 Å². The summed E-state index contributed by atoms with van der Waals surface area (Å²) in [6.45, 7) is 0. The molecular weight excluding hydrogens is 634 g/mol. The third kappa shape index (κ3) is 4.42. The van der Waals surface area contributed by atoms with Crippen LogP contribution in [0.5, 0.6) is 5.75 Å². The zero-order valence-corrected chi connectivity index (χ0v) is 25.4. The van der Waals surface area contributed by atoms with Gasteiger partial charge in [-0.05, 0) is 82.7 Å². The van der Waals surface area contributed by atoms with Gasteiger partial charge < -0.3 is 4.74 Å². The van der Waals surface area contributed by atoms with Gasteiger partial charge in [-0.1, -0.05) is 121 Å². The molecule has 0 aromatic heterocycles. The molecule has 0 aliphatic carbocycles. The minimum Gasteiger partial charge on any atom is -0.404 e. The van der Waals surface area contributed by atoms with E-state index in [0.29, 0.717) is 32.7 Å². The van der Waals surface area contributed by atoms with Gasteiger partial charge >= 0.3 is 12.5 Å². The summed E-state index contributed by atoms with van der Waals surface area (Å²) in [6, 6.07) is 37.9. The standard InChI is InChI=1S/C42H22F6O/c43-41(44,45)32-19-7-6-16-28(32)36-31-22-26-12-4-5-15-27(26)40(49-42(46,47)48)39(31)35(23-10-2-1-3-11-23)37-29-17-8-13-24-20-21-25-14-9-18-30(38(36)37)34(25)33(24)29/h1-22H. The van der Waals surface area contributed by atoms with Crippen LogP contribution in [0, 0.1) is 0 Å². The summed E-state index contributed by atoms with van der Waals surface area (Å²) < 4.78 is 93.2. The van der Waals surface area contributed by atoms with Crippen molar-refractivity contribution >= 4 is 64.6 Å². The Bertz CT molecular complexity index is 2760. The molecule has 0 N–H and O–H groups in total. The first kappa shape index (κ1) is 29.3. The Balaban J connectivity index is 1.71. The van der Waals surface area contributed by atoms with Crippen LogP contribution in [0.1, 0.15) is 5.56 Å². The SMILES string of the molecule is FC(F)(F)Oc1c2ccccc2cc2c(-c3ccccc3C(F)(F)F)c3c4cccc5ccc6cccc(c3c(-c3ccccc3)c12)c6c54. The zero-order valence-electron chi connectivity index (χ0n) is 25.4. The van der Waals surface area contributed by atoms with Crippen molar-refractivity contribution in [1.82, 2.24) is 0 Å². The highest BCUT2D eigenvalue weighted by molar-refractivity contribution is 6.41. The van der Waals surface area contributed by atoms with Crippen molar-refractivity contribution < 1.29 is 31.1 Å². The Labute approximate surface area is 274 Å². The summed E-state index contributed by atoms with van der Waals surface area (Å²) in [6.07, 6.45) is -9.85. The van der Waals surface area contributed by atoms with E-state index >= 15 is 0 Å². The van der Waals surface area contributed by atoms with Crippen LogP contribution in [0.3, 0.4) is 0 Å². The van der Waals surface area contributed by atoms with Crippen LogP contribution >= 0.6 is 0 Å². The lowest BCUT2D eigenvalue weighted by atomic mass is 9.79. The van der Waals surface area contributed by atoms with E-state index in [-0.39, 0.29) is 27.3 Å². The predicted molar refractivity (Wildman–Crippen MR) is 185 cm³/mol. The topological polar surface area (TPSA) is 9.23 Å². The molecule has 0 aliphatic rings. The number of hydrogen-bond acceptors (Lipinski definition) is 1. The monoisotopic (exact) mass is 656 g/mol. The number of alkyl halides is 6. The molecule has 0 heterocycles. The lowest BCUT2D eigenvalue weighted by Gasteiger charge is -2.26. The van der Waals surface area contributed by atoms with Crippen molar-refractivity contribution in [2.75, 3.05) is 0 Å². The van der Waals surface area contributed by atoms with E-state index in [1.807, 2.05) is 66.7 Å². The molecule has 0 bridgehead atoms. The highest BCUT2D eigenvalue weighted by Crippen LogP contribution is 2.55. The van der Waals surface area contributed by atoms with Crippen molar-refractivity contribution in [3.8, 4) is 28.0 Å². The van der Waals surface area contributed by atoms with Crippen LogP contribution in [-0.2, 0) is 6.18 Å². The number of halogens is 6. The van der Waals surface area contributed by atoms with E-state index in [1.165, 1.54) is 18.2 Å². The van der Waals surface area contributed by atoms with Gasteiger partial charge in [0.05, 0.1) is 5.56 Å². The summed E-state index contributed by atoms with van der Waals surface area (Å²) >= 11 is 0. The van der Waals surface area contributed by atoms with Gasteiger partial charge in [0.25, 0.3) is 0 Å². The molecule has 238 valence electrons. The van der Waals surface area contributed by atoms with Gasteiger partial charge in [-0.3, -0.25) is 0 Å². The van der Waals surface area contributed by atoms with Crippen LogP contribution in [0.25, 0.3) is 86.9 Å². The van der Waals surface area contributed by atoms with Gasteiger partial charge in [-0.2, -0.15) is 13.2 Å². The molecule has 9 aromatic carbocycles. The van der Waals surface area contributed by atoms with Crippen molar-refractivity contribution in [3.05, 3.63) is 139 Å². The average Bonchev–Trinajstić information content (AvgIpc) is 3.09. The molecule has 0 radical (unpaired) electrons. The zero-order chi connectivity index (χ0) is 33.7. The number of hydrogen-bond donors (Lipinski definition) is 0. The maximum atomic E-state index is 14.9. The fraction of sp³-hybridized carbons (Fsp3) is 0.0476. The second-order valence-corrected chi connectivity index (χ2v) is 12.2. The highest BCUT2D eigenvalue weighted by Gasteiger charge is 2.37. The van der Waals surface area contributed by atoms with Crippen LogP contribution in [0.4, 0.5) is 26.3 Å². The summed E-state index contributed by atoms with van der Waals surface area (Å²) in [5.41, 5.74) is 0.219. The quantitative estimate of drug-likeness (QED) is 0.104. The highest BCUT2D eigenvalue weighted by atomic mass is 19.4. The summed E-state index contributed by atoms with van der Waals surface area (Å²) in [4.78, 5) is 0. The first-order chi connectivity index (χ1) is 23.6. The van der Waals surface area contributed by atoms with Crippen LogP contribution in [0.2, 0.25) is 0 Å². The molecular formula is C42H22F6O. The van der Waals surface area contributed by atoms with Gasteiger partial charge in [0.2, 0.25) is 0 Å². The second-order valence-electron chi connectivity index (χ2n) is 12.2. The van der Waals surface area contributed by atoms with E-state index in [4.69, 9.17) is 4.74 Å². The molecule has 1 nitrogen and oxygen atoms in total. The number of fused-ring (bicyclic) bond motifs is 5. The van der Waals surface area contributed by atoms with Crippen LogP contribution in [0.15, 0.2) is 133 Å². The number of rotatable bonds is 3. The van der Waals surface area contributed by atoms with Gasteiger partial charge in [-0.15, -0.1) is 13.2 Å². The van der Waals surface area contributed by atoms with E-state index in [2.05, 4.69) is 0 Å². The summed E-state index contributed by atoms with van der Waals surface area (Å²) in [5.74, 6) is -0.461. The van der Waals surface area contributed by atoms with Crippen LogP contribution in [-0.4, -0.2) is 6.36 Å². The molecule has 0 unspecified atom stereocenters. The molecule has 0 saturated heterocycles. The van der Waals surface area contributed by atoms with E-state index in [1.54, 1.807) is 42.5 Å². The molecule has 0 saturated carbocycles. The molecule has 0 spiro atoms. The van der Waals surface area contributed by atoms with Crippen molar-refractivity contribution in [1.29, 1.82) is 0 Å². The second kappa shape index (κ2) is 10.3. The maximum absolute atomic E-state index is 14.9. The minimum absolute atomic E-state index is 0.0801. The summed E-state index contributed by atoms with van der Waals surface area (Å²) in [5, 5.41) is 6.94. The van der Waals surface area contributed by atoms with E-state index in [9.17, 15) is 26.3 Å². The molecule has 0 fully saturated rings. The Hall–Kier alpha value is -5.82. The Morgan fingerprint density at radius 3 is 1.61 bits per heavy atom. The first-order valence-corrected chi connectivity index (χ1v) is 15.6. The molecule has 0 aliphatic heterocycles. The lowest BCUT2D eigenvalue weighted by Crippen LogP contribution is -2.18. The average molecular weight is 657 g/mol. The Kier molecular flexibility index (Phi) is 6.19. The minimum atomic E-state index is -5.09. The first-order valence-electron chi connectivity index (χ1n) is 15.6. The molecule has 0 amide bonds. The smallest absolute Gasteiger partial charge is 0.404 e. The third-order valence-corrected chi connectivity index (χ3v) is 9.48. The molecule has 0 atom stereocenters. The lowest BCUT2D eigenvalue weighted by molar-refractivity contribution is -0.273. The van der Waals surface area contributed by atoms with E-state index < -0.39 is 23.9 Å². The fourth-order valence-electron chi connectivity index (χ4n) is 7.72. The van der Waals surface area contributed by atoms with Gasteiger partial charge in [0.1, 0.15) is 5.75 Å². The van der Waals surface area contributed by atoms with Crippen LogP contribution < -0.4 is 4.74 Å². The van der Waals surface area contributed by atoms with Gasteiger partial charge in [0, 0.05) is 16.3 Å².